The highest BCUT2D eigenvalue weighted by molar-refractivity contribution is 7.92. The summed E-state index contributed by atoms with van der Waals surface area (Å²) in [5.41, 5.74) is 0.983. The Morgan fingerprint density at radius 1 is 1.06 bits per heavy atom. The number of amides is 2. The Bertz CT molecular complexity index is 1010. The second-order valence-corrected chi connectivity index (χ2v) is 9.84. The number of carbonyl (C=O) groups excluding carboxylic acids is 2. The van der Waals surface area contributed by atoms with E-state index in [1.807, 2.05) is 0 Å². The first-order valence-electron chi connectivity index (χ1n) is 10.5. The van der Waals surface area contributed by atoms with Crippen molar-refractivity contribution in [3.8, 4) is 5.75 Å². The largest absolute Gasteiger partial charge is 0.497 e. The van der Waals surface area contributed by atoms with Gasteiger partial charge in [-0.15, -0.1) is 0 Å². The fourth-order valence-corrected chi connectivity index (χ4v) is 5.56. The number of anilines is 1. The molecule has 1 aliphatic carbocycles. The number of hydrogen-bond donors (Lipinski definition) is 2. The summed E-state index contributed by atoms with van der Waals surface area (Å²) in [6, 6.07) is 13.2. The first-order valence-corrected chi connectivity index (χ1v) is 12.0. The zero-order chi connectivity index (χ0) is 22.3. The highest BCUT2D eigenvalue weighted by Crippen LogP contribution is 2.30. The maximum absolute atomic E-state index is 12.7. The van der Waals surface area contributed by atoms with E-state index in [1.54, 1.807) is 49.6 Å². The van der Waals surface area contributed by atoms with Crippen molar-refractivity contribution >= 4 is 27.3 Å². The summed E-state index contributed by atoms with van der Waals surface area (Å²) in [5, 5.41) is 5.20. The van der Waals surface area contributed by atoms with Crippen molar-refractivity contribution in [2.24, 2.45) is 0 Å². The van der Waals surface area contributed by atoms with Crippen LogP contribution in [-0.2, 0) is 14.6 Å². The van der Waals surface area contributed by atoms with E-state index in [9.17, 15) is 18.0 Å². The van der Waals surface area contributed by atoms with E-state index in [2.05, 4.69) is 10.6 Å². The van der Waals surface area contributed by atoms with Crippen LogP contribution in [0.3, 0.4) is 0 Å². The third kappa shape index (κ3) is 6.07. The normalized spacial score (nSPS) is 14.2. The molecule has 2 amide bonds. The summed E-state index contributed by atoms with van der Waals surface area (Å²) in [6.07, 6.45) is 3.95. The quantitative estimate of drug-likeness (QED) is 0.576. The summed E-state index contributed by atoms with van der Waals surface area (Å²) in [7, 11) is -1.80. The highest BCUT2D eigenvalue weighted by Gasteiger charge is 2.30. The minimum absolute atomic E-state index is 0.211. The zero-order valence-electron chi connectivity index (χ0n) is 17.6. The maximum Gasteiger partial charge on any atom is 0.251 e. The molecule has 0 spiro atoms. The number of hydrogen-bond acceptors (Lipinski definition) is 5. The molecule has 0 bridgehead atoms. The number of carbonyl (C=O) groups is 2. The minimum Gasteiger partial charge on any atom is -0.497 e. The molecule has 3 rings (SSSR count). The van der Waals surface area contributed by atoms with Gasteiger partial charge in [0.05, 0.1) is 17.3 Å². The van der Waals surface area contributed by atoms with Gasteiger partial charge in [-0.05, 0) is 61.7 Å². The average molecular weight is 445 g/mol. The molecule has 1 aliphatic rings. The highest BCUT2D eigenvalue weighted by atomic mass is 32.2. The van der Waals surface area contributed by atoms with Gasteiger partial charge in [-0.1, -0.05) is 18.9 Å². The predicted molar refractivity (Wildman–Crippen MR) is 119 cm³/mol. The molecule has 0 aliphatic heterocycles. The lowest BCUT2D eigenvalue weighted by Gasteiger charge is -2.13. The van der Waals surface area contributed by atoms with E-state index in [-0.39, 0.29) is 28.4 Å². The van der Waals surface area contributed by atoms with Crippen LogP contribution in [0, 0.1) is 0 Å². The summed E-state index contributed by atoms with van der Waals surface area (Å²) in [5.74, 6) is 0.232. The molecular weight excluding hydrogens is 416 g/mol. The third-order valence-corrected chi connectivity index (χ3v) is 7.67. The molecule has 0 radical (unpaired) electrons. The lowest BCUT2D eigenvalue weighted by Crippen LogP contribution is -2.25. The van der Waals surface area contributed by atoms with Crippen LogP contribution in [0.25, 0.3) is 0 Å². The Morgan fingerprint density at radius 3 is 2.45 bits per heavy atom. The van der Waals surface area contributed by atoms with Gasteiger partial charge in [0.1, 0.15) is 5.75 Å². The van der Waals surface area contributed by atoms with Gasteiger partial charge in [0.15, 0.2) is 9.84 Å². The molecule has 31 heavy (non-hydrogen) atoms. The molecule has 0 heterocycles. The third-order valence-electron chi connectivity index (χ3n) is 5.41. The van der Waals surface area contributed by atoms with E-state index in [0.29, 0.717) is 42.8 Å². The summed E-state index contributed by atoms with van der Waals surface area (Å²) >= 11 is 0. The molecule has 0 atom stereocenters. The fourth-order valence-electron chi connectivity index (χ4n) is 3.66. The summed E-state index contributed by atoms with van der Waals surface area (Å²) in [6.45, 7) is 0.356. The Hall–Kier alpha value is -2.87. The van der Waals surface area contributed by atoms with E-state index in [0.717, 1.165) is 12.8 Å². The van der Waals surface area contributed by atoms with Crippen LogP contribution in [0.2, 0.25) is 0 Å². The minimum atomic E-state index is -3.36. The van der Waals surface area contributed by atoms with Gasteiger partial charge in [0.2, 0.25) is 5.91 Å². The number of ether oxygens (including phenoxy) is 1. The van der Waals surface area contributed by atoms with E-state index >= 15 is 0 Å². The topological polar surface area (TPSA) is 102 Å². The van der Waals surface area contributed by atoms with E-state index in [1.165, 1.54) is 6.07 Å². The van der Waals surface area contributed by atoms with Crippen LogP contribution < -0.4 is 15.4 Å². The van der Waals surface area contributed by atoms with Crippen LogP contribution in [0.5, 0.6) is 5.75 Å². The zero-order valence-corrected chi connectivity index (χ0v) is 18.4. The van der Waals surface area contributed by atoms with E-state index in [4.69, 9.17) is 4.74 Å². The molecule has 166 valence electrons. The van der Waals surface area contributed by atoms with Gasteiger partial charge in [-0.2, -0.15) is 0 Å². The molecule has 0 aromatic heterocycles. The van der Waals surface area contributed by atoms with Gasteiger partial charge < -0.3 is 15.4 Å². The van der Waals surface area contributed by atoms with Gasteiger partial charge in [-0.25, -0.2) is 8.42 Å². The fraction of sp³-hybridized carbons (Fsp3) is 0.391. The number of rotatable bonds is 9. The van der Waals surface area contributed by atoms with Crippen molar-refractivity contribution < 1.29 is 22.7 Å². The molecule has 1 saturated carbocycles. The Labute approximate surface area is 183 Å². The molecule has 8 heteroatoms. The van der Waals surface area contributed by atoms with Crippen LogP contribution in [0.4, 0.5) is 5.69 Å². The SMILES string of the molecule is COc1ccc(C(=O)NCCCC(=O)Nc2cccc(S(=O)(=O)C3CCCC3)c2)cc1. The van der Waals surface area contributed by atoms with Gasteiger partial charge >= 0.3 is 0 Å². The van der Waals surface area contributed by atoms with Gasteiger partial charge in [0, 0.05) is 24.2 Å². The van der Waals surface area contributed by atoms with Crippen molar-refractivity contribution in [1.29, 1.82) is 0 Å². The van der Waals surface area contributed by atoms with Crippen molar-refractivity contribution in [1.82, 2.24) is 5.32 Å². The molecule has 2 aromatic rings. The first-order chi connectivity index (χ1) is 14.9. The summed E-state index contributed by atoms with van der Waals surface area (Å²) < 4.78 is 30.5. The lowest BCUT2D eigenvalue weighted by molar-refractivity contribution is -0.116. The molecule has 1 fully saturated rings. The van der Waals surface area contributed by atoms with Crippen molar-refractivity contribution in [3.05, 3.63) is 54.1 Å². The second kappa shape index (κ2) is 10.4. The lowest BCUT2D eigenvalue weighted by atomic mass is 10.2. The van der Waals surface area contributed by atoms with E-state index < -0.39 is 9.84 Å². The molecule has 0 unspecified atom stereocenters. The van der Waals surface area contributed by atoms with Crippen LogP contribution in [-0.4, -0.2) is 39.1 Å². The maximum atomic E-state index is 12.7. The second-order valence-electron chi connectivity index (χ2n) is 7.62. The molecule has 2 aromatic carbocycles. The van der Waals surface area contributed by atoms with Crippen LogP contribution in [0.1, 0.15) is 48.9 Å². The monoisotopic (exact) mass is 444 g/mol. The van der Waals surface area contributed by atoms with Crippen LogP contribution >= 0.6 is 0 Å². The average Bonchev–Trinajstić information content (AvgIpc) is 3.33. The van der Waals surface area contributed by atoms with Crippen molar-refractivity contribution in [2.45, 2.75) is 48.7 Å². The van der Waals surface area contributed by atoms with Crippen molar-refractivity contribution in [2.75, 3.05) is 19.0 Å². The number of nitrogens with one attached hydrogen (secondary N) is 2. The Morgan fingerprint density at radius 2 is 1.77 bits per heavy atom. The summed E-state index contributed by atoms with van der Waals surface area (Å²) in [4.78, 5) is 24.6. The van der Waals surface area contributed by atoms with Crippen LogP contribution in [0.15, 0.2) is 53.4 Å². The number of benzene rings is 2. The number of sulfone groups is 1. The van der Waals surface area contributed by atoms with Gasteiger partial charge in [0.25, 0.3) is 5.91 Å². The first kappa shape index (κ1) is 22.8. The van der Waals surface area contributed by atoms with Gasteiger partial charge in [-0.3, -0.25) is 9.59 Å². The van der Waals surface area contributed by atoms with Crippen molar-refractivity contribution in [3.63, 3.8) is 0 Å². The molecule has 0 saturated heterocycles. The molecule has 2 N–H and O–H groups in total. The number of methoxy groups -OCH3 is 1. The standard InChI is InChI=1S/C23H28N2O5S/c1-30-19-13-11-17(12-14-19)23(27)24-15-5-10-22(26)25-18-6-4-9-21(16-18)31(28,29)20-7-2-3-8-20/h4,6,9,11-14,16,20H,2-3,5,7-8,10,15H2,1H3,(H,24,27)(H,25,26). The Kier molecular flexibility index (Phi) is 7.68. The smallest absolute Gasteiger partial charge is 0.251 e. The molecule has 7 nitrogen and oxygen atoms in total. The molecular formula is C23H28N2O5S. The predicted octanol–water partition coefficient (Wildman–Crippen LogP) is 3.56. The Balaban J connectivity index is 1.46.